The first-order valence-electron chi connectivity index (χ1n) is 9.34. The van der Waals surface area contributed by atoms with Crippen LogP contribution >= 0.6 is 15.9 Å². The summed E-state index contributed by atoms with van der Waals surface area (Å²) < 4.78 is 24.9. The number of benzene rings is 2. The Morgan fingerprint density at radius 2 is 1.75 bits per heavy atom. The summed E-state index contributed by atoms with van der Waals surface area (Å²) in [4.78, 5) is 17.1. The van der Waals surface area contributed by atoms with E-state index in [1.165, 1.54) is 22.9 Å². The molecule has 1 heterocycles. The zero-order valence-electron chi connectivity index (χ0n) is 16.4. The molecule has 0 unspecified atom stereocenters. The van der Waals surface area contributed by atoms with Crippen molar-refractivity contribution in [2.45, 2.75) is 25.2 Å². The van der Waals surface area contributed by atoms with Crippen LogP contribution in [0.15, 0.2) is 45.8 Å². The first-order chi connectivity index (χ1) is 13.2. The lowest BCUT2D eigenvalue weighted by molar-refractivity contribution is 0.0743. The largest absolute Gasteiger partial charge is 0.368 e. The van der Waals surface area contributed by atoms with Crippen LogP contribution in [0.2, 0.25) is 0 Å². The monoisotopic (exact) mass is 464 g/mol. The maximum Gasteiger partial charge on any atom is 0.255 e. The number of hydrogen-bond donors (Lipinski definition) is 0. The Hall–Kier alpha value is -1.86. The molecule has 0 bridgehead atoms. The van der Waals surface area contributed by atoms with Gasteiger partial charge in [-0.1, -0.05) is 40.5 Å². The lowest BCUT2D eigenvalue weighted by atomic mass is 10.1. The van der Waals surface area contributed by atoms with E-state index in [4.69, 9.17) is 0 Å². The Bertz CT molecular complexity index is 997. The van der Waals surface area contributed by atoms with Crippen LogP contribution in [0, 0.1) is 6.92 Å². The molecule has 2 aromatic rings. The molecule has 150 valence electrons. The van der Waals surface area contributed by atoms with E-state index in [0.29, 0.717) is 17.6 Å². The Morgan fingerprint density at radius 3 is 2.36 bits per heavy atom. The fourth-order valence-electron chi connectivity index (χ4n) is 3.61. The Labute approximate surface area is 175 Å². The molecular weight excluding hydrogens is 440 g/mol. The fraction of sp³-hybridized carbons (Fsp3) is 0.381. The first-order valence-corrected chi connectivity index (χ1v) is 12.0. The molecule has 7 heteroatoms. The highest BCUT2D eigenvalue weighted by Gasteiger charge is 2.27. The smallest absolute Gasteiger partial charge is 0.255 e. The van der Waals surface area contributed by atoms with E-state index in [1.54, 1.807) is 17.0 Å². The van der Waals surface area contributed by atoms with Crippen molar-refractivity contribution in [3.05, 3.63) is 57.6 Å². The molecule has 3 rings (SSSR count). The lowest BCUT2D eigenvalue weighted by Crippen LogP contribution is -2.49. The van der Waals surface area contributed by atoms with E-state index in [9.17, 15) is 13.2 Å². The van der Waals surface area contributed by atoms with Gasteiger partial charge in [-0.05, 0) is 43.2 Å². The zero-order valence-corrected chi connectivity index (χ0v) is 18.8. The van der Waals surface area contributed by atoms with Gasteiger partial charge in [0.05, 0.1) is 10.5 Å². The summed E-state index contributed by atoms with van der Waals surface area (Å²) in [6.07, 6.45) is 2.10. The summed E-state index contributed by atoms with van der Waals surface area (Å²) in [7, 11) is -3.49. The van der Waals surface area contributed by atoms with E-state index in [1.807, 2.05) is 0 Å². The van der Waals surface area contributed by atoms with E-state index < -0.39 is 9.84 Å². The van der Waals surface area contributed by atoms with Crippen molar-refractivity contribution in [1.82, 2.24) is 4.90 Å². The van der Waals surface area contributed by atoms with Crippen LogP contribution in [0.4, 0.5) is 5.69 Å². The molecule has 2 aromatic carbocycles. The van der Waals surface area contributed by atoms with Gasteiger partial charge in [0.2, 0.25) is 0 Å². The standard InChI is InChI=1S/C21H25BrN2O3S/c1-4-16-13-15(2)5-8-19(16)23-9-11-24(12-10-23)21(25)18-7-6-17(22)14-20(18)28(3,26)27/h5-8,13-14H,4,9-12H2,1-3H3. The highest BCUT2D eigenvalue weighted by molar-refractivity contribution is 9.10. The number of sulfone groups is 1. The molecule has 5 nitrogen and oxygen atoms in total. The van der Waals surface area contributed by atoms with Crippen LogP contribution in [0.1, 0.15) is 28.4 Å². The number of halogens is 1. The zero-order chi connectivity index (χ0) is 20.5. The third-order valence-corrected chi connectivity index (χ3v) is 6.73. The van der Waals surface area contributed by atoms with Crippen molar-refractivity contribution in [3.8, 4) is 0 Å². The summed E-state index contributed by atoms with van der Waals surface area (Å²) in [5.41, 5.74) is 4.02. The van der Waals surface area contributed by atoms with E-state index in [-0.39, 0.29) is 16.4 Å². The van der Waals surface area contributed by atoms with Gasteiger partial charge in [0.1, 0.15) is 0 Å². The number of carbonyl (C=O) groups is 1. The summed E-state index contributed by atoms with van der Waals surface area (Å²) in [6, 6.07) is 11.3. The summed E-state index contributed by atoms with van der Waals surface area (Å²) in [5.74, 6) is -0.229. The third-order valence-electron chi connectivity index (χ3n) is 5.10. The summed E-state index contributed by atoms with van der Waals surface area (Å²) in [6.45, 7) is 6.83. The van der Waals surface area contributed by atoms with E-state index in [0.717, 1.165) is 25.8 Å². The number of anilines is 1. The second kappa shape index (κ2) is 8.25. The summed E-state index contributed by atoms with van der Waals surface area (Å²) >= 11 is 3.29. The second-order valence-corrected chi connectivity index (χ2v) is 10.1. The average Bonchev–Trinajstić information content (AvgIpc) is 2.67. The average molecular weight is 465 g/mol. The van der Waals surface area contributed by atoms with Crippen molar-refractivity contribution < 1.29 is 13.2 Å². The van der Waals surface area contributed by atoms with Gasteiger partial charge < -0.3 is 9.80 Å². The number of carbonyl (C=O) groups excluding carboxylic acids is 1. The molecule has 0 N–H and O–H groups in total. The number of piperazine rings is 1. The molecule has 1 aliphatic rings. The lowest BCUT2D eigenvalue weighted by Gasteiger charge is -2.37. The molecule has 1 amide bonds. The van der Waals surface area contributed by atoms with Crippen LogP contribution < -0.4 is 4.90 Å². The maximum absolute atomic E-state index is 13.0. The number of nitrogens with zero attached hydrogens (tertiary/aromatic N) is 2. The number of amides is 1. The highest BCUT2D eigenvalue weighted by Crippen LogP contribution is 2.26. The van der Waals surface area contributed by atoms with Gasteiger partial charge in [0, 0.05) is 42.6 Å². The van der Waals surface area contributed by atoms with Crippen LogP contribution in [0.5, 0.6) is 0 Å². The molecule has 1 aliphatic heterocycles. The molecule has 1 fully saturated rings. The molecule has 0 saturated carbocycles. The second-order valence-electron chi connectivity index (χ2n) is 7.18. The minimum absolute atomic E-state index is 0.0705. The quantitative estimate of drug-likeness (QED) is 0.692. The van der Waals surface area contributed by atoms with E-state index >= 15 is 0 Å². The van der Waals surface area contributed by atoms with Gasteiger partial charge in [-0.25, -0.2) is 8.42 Å². The normalized spacial score (nSPS) is 15.0. The van der Waals surface area contributed by atoms with Crippen molar-refractivity contribution >= 4 is 37.4 Å². The molecule has 0 spiro atoms. The summed E-state index contributed by atoms with van der Waals surface area (Å²) in [5, 5.41) is 0. The van der Waals surface area contributed by atoms with Crippen LogP contribution in [-0.4, -0.2) is 51.7 Å². The van der Waals surface area contributed by atoms with Crippen molar-refractivity contribution in [2.75, 3.05) is 37.3 Å². The predicted molar refractivity (Wildman–Crippen MR) is 116 cm³/mol. The number of aryl methyl sites for hydroxylation is 2. The molecule has 0 aromatic heterocycles. The van der Waals surface area contributed by atoms with Gasteiger partial charge in [0.15, 0.2) is 9.84 Å². The van der Waals surface area contributed by atoms with Crippen molar-refractivity contribution in [1.29, 1.82) is 0 Å². The van der Waals surface area contributed by atoms with Gasteiger partial charge in [0.25, 0.3) is 5.91 Å². The van der Waals surface area contributed by atoms with Gasteiger partial charge in [-0.2, -0.15) is 0 Å². The SMILES string of the molecule is CCc1cc(C)ccc1N1CCN(C(=O)c2ccc(Br)cc2S(C)(=O)=O)CC1. The molecule has 0 radical (unpaired) electrons. The first kappa shape index (κ1) is 20.9. The predicted octanol–water partition coefficient (Wildman–Crippen LogP) is 3.69. The van der Waals surface area contributed by atoms with Gasteiger partial charge in [-0.3, -0.25) is 4.79 Å². The Balaban J connectivity index is 1.78. The van der Waals surface area contributed by atoms with Crippen molar-refractivity contribution in [3.63, 3.8) is 0 Å². The fourth-order valence-corrected chi connectivity index (χ4v) is 5.01. The Morgan fingerprint density at radius 1 is 1.07 bits per heavy atom. The van der Waals surface area contributed by atoms with Crippen molar-refractivity contribution in [2.24, 2.45) is 0 Å². The third kappa shape index (κ3) is 4.41. The number of rotatable bonds is 4. The minimum Gasteiger partial charge on any atom is -0.368 e. The van der Waals surface area contributed by atoms with Crippen LogP contribution in [0.25, 0.3) is 0 Å². The van der Waals surface area contributed by atoms with Crippen LogP contribution in [-0.2, 0) is 16.3 Å². The maximum atomic E-state index is 13.0. The molecule has 0 atom stereocenters. The Kier molecular flexibility index (Phi) is 6.15. The molecule has 0 aliphatic carbocycles. The van der Waals surface area contributed by atoms with E-state index in [2.05, 4.69) is 52.9 Å². The molecule has 1 saturated heterocycles. The number of hydrogen-bond acceptors (Lipinski definition) is 4. The van der Waals surface area contributed by atoms with Gasteiger partial charge in [-0.15, -0.1) is 0 Å². The molecular formula is C21H25BrN2O3S. The topological polar surface area (TPSA) is 57.7 Å². The highest BCUT2D eigenvalue weighted by atomic mass is 79.9. The minimum atomic E-state index is -3.49. The van der Waals surface area contributed by atoms with Crippen LogP contribution in [0.3, 0.4) is 0 Å². The van der Waals surface area contributed by atoms with Gasteiger partial charge >= 0.3 is 0 Å². The molecule has 28 heavy (non-hydrogen) atoms.